The summed E-state index contributed by atoms with van der Waals surface area (Å²) >= 11 is 4.92. The molecule has 0 spiro atoms. The molecule has 3 N–H and O–H groups in total. The molecule has 19 heavy (non-hydrogen) atoms. The molecule has 1 amide bonds. The van der Waals surface area contributed by atoms with Gasteiger partial charge in [-0.3, -0.25) is 4.79 Å². The van der Waals surface area contributed by atoms with Gasteiger partial charge in [0.2, 0.25) is 5.91 Å². The number of amides is 1. The average Bonchev–Trinajstić information content (AvgIpc) is 2.90. The Balaban J connectivity index is 1.84. The van der Waals surface area contributed by atoms with Crippen molar-refractivity contribution in [3.8, 4) is 0 Å². The van der Waals surface area contributed by atoms with Crippen LogP contribution in [-0.4, -0.2) is 10.9 Å². The number of benzene rings is 1. The molecule has 102 valence electrons. The van der Waals surface area contributed by atoms with Crippen LogP contribution in [0.2, 0.25) is 0 Å². The minimum absolute atomic E-state index is 0.0759. The zero-order chi connectivity index (χ0) is 13.7. The number of nitrogens with one attached hydrogen (secondary N) is 1. The van der Waals surface area contributed by atoms with E-state index in [1.54, 1.807) is 0 Å². The molecule has 0 radical (unpaired) electrons. The van der Waals surface area contributed by atoms with Gasteiger partial charge in [0.1, 0.15) is 4.99 Å². The van der Waals surface area contributed by atoms with Crippen LogP contribution in [0, 0.1) is 5.92 Å². The highest BCUT2D eigenvalue weighted by molar-refractivity contribution is 7.80. The molecule has 0 aromatic heterocycles. The molecular weight excluding hydrogens is 256 g/mol. The van der Waals surface area contributed by atoms with Gasteiger partial charge in [0.25, 0.3) is 0 Å². The Morgan fingerprint density at radius 3 is 2.79 bits per heavy atom. The number of hydrogen-bond acceptors (Lipinski definition) is 2. The van der Waals surface area contributed by atoms with Crippen LogP contribution in [0.3, 0.4) is 0 Å². The maximum absolute atomic E-state index is 11.9. The normalized spacial score (nSPS) is 15.4. The minimum Gasteiger partial charge on any atom is -0.389 e. The van der Waals surface area contributed by atoms with Crippen molar-refractivity contribution in [3.05, 3.63) is 29.8 Å². The molecule has 0 bridgehead atoms. The molecule has 0 saturated heterocycles. The zero-order valence-corrected chi connectivity index (χ0v) is 11.8. The van der Waals surface area contributed by atoms with Crippen LogP contribution in [0.4, 0.5) is 5.69 Å². The number of thiocarbonyl (C=S) groups is 1. The number of carbonyl (C=O) groups excluding carboxylic acids is 1. The first-order valence-electron chi connectivity index (χ1n) is 6.85. The van der Waals surface area contributed by atoms with Crippen molar-refractivity contribution in [2.75, 3.05) is 5.32 Å². The van der Waals surface area contributed by atoms with Gasteiger partial charge in [-0.15, -0.1) is 0 Å². The van der Waals surface area contributed by atoms with Crippen LogP contribution < -0.4 is 11.1 Å². The van der Waals surface area contributed by atoms with E-state index in [0.717, 1.165) is 23.6 Å². The molecule has 0 unspecified atom stereocenters. The molecular formula is C15H20N2OS. The van der Waals surface area contributed by atoms with Crippen molar-refractivity contribution in [2.24, 2.45) is 11.7 Å². The van der Waals surface area contributed by atoms with Crippen LogP contribution in [0.1, 0.15) is 44.1 Å². The van der Waals surface area contributed by atoms with Crippen molar-refractivity contribution < 1.29 is 4.79 Å². The van der Waals surface area contributed by atoms with Gasteiger partial charge in [0.05, 0.1) is 0 Å². The number of rotatable bonds is 5. The Hall–Kier alpha value is -1.42. The lowest BCUT2D eigenvalue weighted by atomic mass is 10.0. The van der Waals surface area contributed by atoms with E-state index >= 15 is 0 Å². The van der Waals surface area contributed by atoms with Gasteiger partial charge in [-0.05, 0) is 24.5 Å². The summed E-state index contributed by atoms with van der Waals surface area (Å²) in [4.78, 5) is 12.2. The van der Waals surface area contributed by atoms with E-state index in [4.69, 9.17) is 18.0 Å². The molecule has 1 aliphatic rings. The molecule has 1 aliphatic carbocycles. The van der Waals surface area contributed by atoms with Crippen LogP contribution in [0.25, 0.3) is 0 Å². The molecule has 1 aromatic carbocycles. The Morgan fingerprint density at radius 2 is 2.11 bits per heavy atom. The molecule has 4 heteroatoms. The van der Waals surface area contributed by atoms with Crippen LogP contribution >= 0.6 is 12.2 Å². The summed E-state index contributed by atoms with van der Waals surface area (Å²) in [5.41, 5.74) is 7.12. The smallest absolute Gasteiger partial charge is 0.224 e. The highest BCUT2D eigenvalue weighted by Gasteiger charge is 2.16. The topological polar surface area (TPSA) is 55.1 Å². The van der Waals surface area contributed by atoms with Crippen molar-refractivity contribution in [1.82, 2.24) is 0 Å². The third kappa shape index (κ3) is 4.31. The van der Waals surface area contributed by atoms with Crippen molar-refractivity contribution >= 4 is 28.8 Å². The predicted octanol–water partition coefficient (Wildman–Crippen LogP) is 3.23. The Morgan fingerprint density at radius 1 is 1.37 bits per heavy atom. The van der Waals surface area contributed by atoms with Crippen LogP contribution in [-0.2, 0) is 4.79 Å². The van der Waals surface area contributed by atoms with Crippen molar-refractivity contribution in [1.29, 1.82) is 0 Å². The lowest BCUT2D eigenvalue weighted by Gasteiger charge is -2.09. The fourth-order valence-electron chi connectivity index (χ4n) is 2.61. The van der Waals surface area contributed by atoms with E-state index in [9.17, 15) is 4.79 Å². The first-order chi connectivity index (χ1) is 9.15. The highest BCUT2D eigenvalue weighted by Crippen LogP contribution is 2.28. The lowest BCUT2D eigenvalue weighted by Crippen LogP contribution is -2.14. The predicted molar refractivity (Wildman–Crippen MR) is 82.2 cm³/mol. The van der Waals surface area contributed by atoms with Gasteiger partial charge in [-0.2, -0.15) is 0 Å². The maximum atomic E-state index is 11.9. The quantitative estimate of drug-likeness (QED) is 0.812. The van der Waals surface area contributed by atoms with Gasteiger partial charge < -0.3 is 11.1 Å². The molecule has 1 fully saturated rings. The van der Waals surface area contributed by atoms with E-state index in [1.807, 2.05) is 24.3 Å². The second-order valence-corrected chi connectivity index (χ2v) is 5.62. The fraction of sp³-hybridized carbons (Fsp3) is 0.467. The Labute approximate surface area is 119 Å². The monoisotopic (exact) mass is 276 g/mol. The molecule has 0 aliphatic heterocycles. The van der Waals surface area contributed by atoms with Gasteiger partial charge in [0.15, 0.2) is 0 Å². The van der Waals surface area contributed by atoms with Crippen molar-refractivity contribution in [2.45, 2.75) is 38.5 Å². The average molecular weight is 276 g/mol. The van der Waals surface area contributed by atoms with Gasteiger partial charge in [0, 0.05) is 17.7 Å². The number of anilines is 1. The third-order valence-electron chi connectivity index (χ3n) is 3.69. The lowest BCUT2D eigenvalue weighted by molar-refractivity contribution is -0.116. The zero-order valence-electron chi connectivity index (χ0n) is 11.0. The summed E-state index contributed by atoms with van der Waals surface area (Å²) in [6.45, 7) is 0. The van der Waals surface area contributed by atoms with Gasteiger partial charge >= 0.3 is 0 Å². The summed E-state index contributed by atoms with van der Waals surface area (Å²) in [5.74, 6) is 0.820. The van der Waals surface area contributed by atoms with Crippen LogP contribution in [0.5, 0.6) is 0 Å². The first-order valence-corrected chi connectivity index (χ1v) is 7.25. The van der Waals surface area contributed by atoms with E-state index in [2.05, 4.69) is 5.32 Å². The number of hydrogen-bond donors (Lipinski definition) is 2. The third-order valence-corrected chi connectivity index (χ3v) is 3.92. The highest BCUT2D eigenvalue weighted by atomic mass is 32.1. The summed E-state index contributed by atoms with van der Waals surface area (Å²) in [7, 11) is 0. The van der Waals surface area contributed by atoms with Crippen molar-refractivity contribution in [3.63, 3.8) is 0 Å². The molecule has 0 heterocycles. The van der Waals surface area contributed by atoms with E-state index < -0.39 is 0 Å². The standard InChI is InChI=1S/C15H20N2OS/c16-15(19)12-6-3-7-13(10-12)17-14(18)9-8-11-4-1-2-5-11/h3,6-7,10-11H,1-2,4-5,8-9H2,(H2,16,19)(H,17,18). The Bertz CT molecular complexity index is 467. The summed E-state index contributed by atoms with van der Waals surface area (Å²) < 4.78 is 0. The molecule has 0 atom stereocenters. The minimum atomic E-state index is 0.0759. The Kier molecular flexibility index (Phi) is 4.91. The molecule has 1 saturated carbocycles. The molecule has 3 nitrogen and oxygen atoms in total. The molecule has 2 rings (SSSR count). The van der Waals surface area contributed by atoms with E-state index in [0.29, 0.717) is 11.4 Å². The second-order valence-electron chi connectivity index (χ2n) is 5.18. The largest absolute Gasteiger partial charge is 0.389 e. The van der Waals surface area contributed by atoms with Gasteiger partial charge in [-0.1, -0.05) is 50.0 Å². The molecule has 1 aromatic rings. The second kappa shape index (κ2) is 6.66. The van der Waals surface area contributed by atoms with Crippen LogP contribution in [0.15, 0.2) is 24.3 Å². The number of nitrogens with two attached hydrogens (primary N) is 1. The maximum Gasteiger partial charge on any atom is 0.224 e. The summed E-state index contributed by atoms with van der Waals surface area (Å²) in [6.07, 6.45) is 6.81. The summed E-state index contributed by atoms with van der Waals surface area (Å²) in [5, 5.41) is 2.91. The number of carbonyl (C=O) groups is 1. The van der Waals surface area contributed by atoms with E-state index in [1.165, 1.54) is 25.7 Å². The van der Waals surface area contributed by atoms with E-state index in [-0.39, 0.29) is 5.91 Å². The fourth-order valence-corrected chi connectivity index (χ4v) is 2.73. The first kappa shape index (κ1) is 14.0. The van der Waals surface area contributed by atoms with Gasteiger partial charge in [-0.25, -0.2) is 0 Å². The summed E-state index contributed by atoms with van der Waals surface area (Å²) in [6, 6.07) is 7.36. The SMILES string of the molecule is NC(=S)c1cccc(NC(=O)CCC2CCCC2)c1.